The number of carbonyl (C=O) groups excluding carboxylic acids is 1. The summed E-state index contributed by atoms with van der Waals surface area (Å²) < 4.78 is 17.4. The third-order valence-corrected chi connectivity index (χ3v) is 5.77. The van der Waals surface area contributed by atoms with Crippen LogP contribution in [0.2, 0.25) is 0 Å². The zero-order valence-electron chi connectivity index (χ0n) is 18.5. The number of hydrogen-bond donors (Lipinski definition) is 0. The number of rotatable bonds is 11. The number of anilines is 1. The van der Waals surface area contributed by atoms with Crippen LogP contribution >= 0.6 is 11.3 Å². The van der Waals surface area contributed by atoms with Crippen LogP contribution in [0.3, 0.4) is 0 Å². The fourth-order valence-electron chi connectivity index (χ4n) is 3.14. The number of fused-ring (bicyclic) bond motifs is 1. The van der Waals surface area contributed by atoms with Crippen molar-refractivity contribution in [3.05, 3.63) is 42.5 Å². The second-order valence-corrected chi connectivity index (χ2v) is 8.29. The van der Waals surface area contributed by atoms with Gasteiger partial charge in [-0.2, -0.15) is 0 Å². The summed E-state index contributed by atoms with van der Waals surface area (Å²) in [4.78, 5) is 21.7. The Morgan fingerprint density at radius 2 is 1.74 bits per heavy atom. The first-order valence-electron chi connectivity index (χ1n) is 10.2. The van der Waals surface area contributed by atoms with Gasteiger partial charge in [-0.3, -0.25) is 9.69 Å². The van der Waals surface area contributed by atoms with Crippen LogP contribution in [0.1, 0.15) is 12.8 Å². The summed E-state index contributed by atoms with van der Waals surface area (Å²) in [6.45, 7) is 1.80. The number of hydrogen-bond acceptors (Lipinski definition) is 7. The first-order valence-corrected chi connectivity index (χ1v) is 11.0. The van der Waals surface area contributed by atoms with Gasteiger partial charge in [-0.05, 0) is 39.2 Å². The fraction of sp³-hybridized carbons (Fsp3) is 0.391. The summed E-state index contributed by atoms with van der Waals surface area (Å²) in [5.74, 6) is 2.02. The lowest BCUT2D eigenvalue weighted by Crippen LogP contribution is -2.34. The normalized spacial score (nSPS) is 11.0. The molecular formula is C23H29N3O4S. The van der Waals surface area contributed by atoms with E-state index in [1.165, 1.54) is 11.3 Å². The minimum atomic E-state index is -0.00678. The van der Waals surface area contributed by atoms with E-state index in [4.69, 9.17) is 19.2 Å². The van der Waals surface area contributed by atoms with E-state index in [1.54, 1.807) is 19.1 Å². The number of amides is 1. The average molecular weight is 444 g/mol. The van der Waals surface area contributed by atoms with Crippen molar-refractivity contribution in [1.29, 1.82) is 0 Å². The van der Waals surface area contributed by atoms with Crippen LogP contribution in [0.25, 0.3) is 10.2 Å². The molecule has 0 saturated heterocycles. The van der Waals surface area contributed by atoms with Gasteiger partial charge < -0.3 is 19.1 Å². The van der Waals surface area contributed by atoms with Gasteiger partial charge >= 0.3 is 0 Å². The molecule has 0 spiro atoms. The Labute approximate surface area is 187 Å². The second-order valence-electron chi connectivity index (χ2n) is 7.29. The van der Waals surface area contributed by atoms with Crippen LogP contribution in [0, 0.1) is 0 Å². The molecule has 166 valence electrons. The van der Waals surface area contributed by atoms with Crippen LogP contribution in [-0.2, 0) is 4.79 Å². The van der Waals surface area contributed by atoms with Crippen LogP contribution in [0.15, 0.2) is 42.5 Å². The Morgan fingerprint density at radius 3 is 2.42 bits per heavy atom. The first-order chi connectivity index (χ1) is 15.0. The molecule has 1 amide bonds. The number of benzene rings is 2. The molecule has 0 atom stereocenters. The molecule has 2 aromatic carbocycles. The van der Waals surface area contributed by atoms with E-state index in [1.807, 2.05) is 56.6 Å². The van der Waals surface area contributed by atoms with Gasteiger partial charge in [0.05, 0.1) is 37.5 Å². The highest BCUT2D eigenvalue weighted by atomic mass is 32.1. The smallest absolute Gasteiger partial charge is 0.232 e. The molecule has 3 aromatic rings. The number of methoxy groups -OCH3 is 2. The highest BCUT2D eigenvalue weighted by Crippen LogP contribution is 2.37. The van der Waals surface area contributed by atoms with Crippen molar-refractivity contribution in [2.45, 2.75) is 12.8 Å². The molecule has 1 aromatic heterocycles. The number of aromatic nitrogens is 1. The van der Waals surface area contributed by atoms with E-state index < -0.39 is 0 Å². The molecule has 0 aliphatic carbocycles. The molecule has 3 rings (SSSR count). The monoisotopic (exact) mass is 443 g/mol. The van der Waals surface area contributed by atoms with Crippen molar-refractivity contribution in [3.63, 3.8) is 0 Å². The van der Waals surface area contributed by atoms with Gasteiger partial charge in [0.1, 0.15) is 5.75 Å². The van der Waals surface area contributed by atoms with Crippen LogP contribution in [0.4, 0.5) is 5.13 Å². The Kier molecular flexibility index (Phi) is 8.08. The standard InChI is InChI=1S/C23H29N3O4S/c1-25(2)12-8-13-26(22(27)11-14-30-17-9-6-5-7-10-17)23-24-18-15-19(28-3)20(29-4)16-21(18)31-23/h5-7,9-10,15-16H,8,11-14H2,1-4H3. The average Bonchev–Trinajstić information content (AvgIpc) is 3.18. The summed E-state index contributed by atoms with van der Waals surface area (Å²) in [5.41, 5.74) is 0.781. The minimum Gasteiger partial charge on any atom is -0.493 e. The molecule has 0 radical (unpaired) electrons. The molecule has 8 heteroatoms. The number of para-hydroxylation sites is 1. The zero-order chi connectivity index (χ0) is 22.2. The van der Waals surface area contributed by atoms with Crippen molar-refractivity contribution in [2.24, 2.45) is 0 Å². The molecule has 1 heterocycles. The molecule has 0 saturated carbocycles. The Balaban J connectivity index is 1.77. The Bertz CT molecular complexity index is 950. The van der Waals surface area contributed by atoms with Gasteiger partial charge in [-0.25, -0.2) is 4.98 Å². The predicted molar refractivity (Wildman–Crippen MR) is 125 cm³/mol. The van der Waals surface area contributed by atoms with Crippen molar-refractivity contribution in [2.75, 3.05) is 52.9 Å². The number of carbonyl (C=O) groups is 1. The predicted octanol–water partition coefficient (Wildman–Crippen LogP) is 4.07. The molecule has 0 fully saturated rings. The van der Waals surface area contributed by atoms with Gasteiger partial charge in [0.25, 0.3) is 0 Å². The topological polar surface area (TPSA) is 64.1 Å². The van der Waals surface area contributed by atoms with E-state index in [-0.39, 0.29) is 12.3 Å². The van der Waals surface area contributed by atoms with E-state index in [9.17, 15) is 4.79 Å². The van der Waals surface area contributed by atoms with Crippen molar-refractivity contribution in [1.82, 2.24) is 9.88 Å². The van der Waals surface area contributed by atoms with Crippen LogP contribution in [0.5, 0.6) is 17.2 Å². The minimum absolute atomic E-state index is 0.00678. The first kappa shape index (κ1) is 22.8. The molecule has 7 nitrogen and oxygen atoms in total. The molecule has 0 aliphatic heterocycles. The second kappa shape index (κ2) is 11.0. The Morgan fingerprint density at radius 1 is 1.03 bits per heavy atom. The third-order valence-electron chi connectivity index (χ3n) is 4.73. The van der Waals surface area contributed by atoms with Crippen molar-refractivity contribution in [3.8, 4) is 17.2 Å². The lowest BCUT2D eigenvalue weighted by molar-refractivity contribution is -0.119. The summed E-state index contributed by atoms with van der Waals surface area (Å²) in [7, 11) is 7.25. The van der Waals surface area contributed by atoms with Crippen LogP contribution < -0.4 is 19.1 Å². The molecule has 0 N–H and O–H groups in total. The largest absolute Gasteiger partial charge is 0.493 e. The molecule has 0 aliphatic rings. The van der Waals surface area contributed by atoms with Gasteiger partial charge in [-0.1, -0.05) is 29.5 Å². The molecule has 0 unspecified atom stereocenters. The van der Waals surface area contributed by atoms with Crippen LogP contribution in [-0.4, -0.2) is 63.8 Å². The lowest BCUT2D eigenvalue weighted by Gasteiger charge is -2.21. The number of thiazole rings is 1. The third kappa shape index (κ3) is 6.08. The van der Waals surface area contributed by atoms with Gasteiger partial charge in [0, 0.05) is 18.7 Å². The number of nitrogens with zero attached hydrogens (tertiary/aromatic N) is 3. The van der Waals surface area contributed by atoms with Gasteiger partial charge in [-0.15, -0.1) is 0 Å². The highest BCUT2D eigenvalue weighted by Gasteiger charge is 2.21. The number of ether oxygens (including phenoxy) is 3. The summed E-state index contributed by atoms with van der Waals surface area (Å²) in [6, 6.07) is 13.3. The maximum Gasteiger partial charge on any atom is 0.232 e. The zero-order valence-corrected chi connectivity index (χ0v) is 19.3. The summed E-state index contributed by atoms with van der Waals surface area (Å²) in [6.07, 6.45) is 1.13. The van der Waals surface area contributed by atoms with E-state index >= 15 is 0 Å². The molecular weight excluding hydrogens is 414 g/mol. The lowest BCUT2D eigenvalue weighted by atomic mass is 10.3. The van der Waals surface area contributed by atoms with E-state index in [0.717, 1.165) is 28.9 Å². The van der Waals surface area contributed by atoms with Gasteiger partial charge in [0.15, 0.2) is 16.6 Å². The highest BCUT2D eigenvalue weighted by molar-refractivity contribution is 7.22. The van der Waals surface area contributed by atoms with E-state index in [2.05, 4.69) is 4.90 Å². The SMILES string of the molecule is COc1cc2nc(N(CCCN(C)C)C(=O)CCOc3ccccc3)sc2cc1OC. The Hall–Kier alpha value is -2.84. The quantitative estimate of drug-likeness (QED) is 0.445. The van der Waals surface area contributed by atoms with Gasteiger partial charge in [0.2, 0.25) is 5.91 Å². The molecule has 31 heavy (non-hydrogen) atoms. The maximum atomic E-state index is 13.1. The summed E-state index contributed by atoms with van der Waals surface area (Å²) >= 11 is 1.48. The van der Waals surface area contributed by atoms with Crippen molar-refractivity contribution >= 4 is 32.6 Å². The van der Waals surface area contributed by atoms with Crippen molar-refractivity contribution < 1.29 is 19.0 Å². The fourth-order valence-corrected chi connectivity index (χ4v) is 4.16. The maximum absolute atomic E-state index is 13.1. The summed E-state index contributed by atoms with van der Waals surface area (Å²) in [5, 5.41) is 0.675. The van der Waals surface area contributed by atoms with E-state index in [0.29, 0.717) is 29.8 Å². The molecule has 0 bridgehead atoms.